The highest BCUT2D eigenvalue weighted by molar-refractivity contribution is 7.80. The molecule has 0 atom stereocenters. The van der Waals surface area contributed by atoms with Crippen molar-refractivity contribution in [1.82, 2.24) is 4.90 Å². The minimum atomic E-state index is 0.584. The van der Waals surface area contributed by atoms with Gasteiger partial charge in [0.05, 0.1) is 13.2 Å². The Morgan fingerprint density at radius 2 is 1.92 bits per heavy atom. The topological polar surface area (TPSA) is 12.5 Å². The molecule has 1 saturated carbocycles. The van der Waals surface area contributed by atoms with Crippen molar-refractivity contribution >= 4 is 12.6 Å². The van der Waals surface area contributed by atoms with Crippen molar-refractivity contribution in [1.29, 1.82) is 0 Å². The van der Waals surface area contributed by atoms with E-state index in [-0.39, 0.29) is 0 Å². The summed E-state index contributed by atoms with van der Waals surface area (Å²) in [5.41, 5.74) is 0.584. The Morgan fingerprint density at radius 1 is 1.25 bits per heavy atom. The molecule has 1 aliphatic carbocycles. The van der Waals surface area contributed by atoms with Crippen molar-refractivity contribution in [3.63, 3.8) is 0 Å². The maximum absolute atomic E-state index is 5.31. The van der Waals surface area contributed by atoms with E-state index in [4.69, 9.17) is 4.74 Å². The molecule has 1 aliphatic heterocycles. The number of morpholine rings is 1. The van der Waals surface area contributed by atoms with Crippen molar-refractivity contribution in [2.45, 2.75) is 12.8 Å². The molecule has 0 aromatic carbocycles. The number of nitrogens with zero attached hydrogens (tertiary/aromatic N) is 1. The van der Waals surface area contributed by atoms with Gasteiger partial charge in [-0.1, -0.05) is 0 Å². The first-order valence-electron chi connectivity index (χ1n) is 4.76. The van der Waals surface area contributed by atoms with Crippen LogP contribution in [0.2, 0.25) is 0 Å². The van der Waals surface area contributed by atoms with E-state index in [2.05, 4.69) is 17.5 Å². The second-order valence-electron chi connectivity index (χ2n) is 4.05. The van der Waals surface area contributed by atoms with Gasteiger partial charge in [0.25, 0.3) is 0 Å². The van der Waals surface area contributed by atoms with Crippen LogP contribution >= 0.6 is 12.6 Å². The highest BCUT2D eigenvalue weighted by Crippen LogP contribution is 2.47. The van der Waals surface area contributed by atoms with Gasteiger partial charge in [-0.05, 0) is 24.0 Å². The third kappa shape index (κ3) is 1.95. The first kappa shape index (κ1) is 8.85. The Bertz CT molecular complexity index is 153. The number of thiol groups is 1. The SMILES string of the molecule is SCC1(CN2CCOCC2)CC1. The standard InChI is InChI=1S/C9H17NOS/c12-8-9(1-2-9)7-10-3-5-11-6-4-10/h12H,1-8H2. The van der Waals surface area contributed by atoms with E-state index in [9.17, 15) is 0 Å². The maximum atomic E-state index is 5.31. The molecule has 1 heterocycles. The summed E-state index contributed by atoms with van der Waals surface area (Å²) < 4.78 is 5.31. The fraction of sp³-hybridized carbons (Fsp3) is 1.00. The third-order valence-electron chi connectivity index (χ3n) is 2.96. The van der Waals surface area contributed by atoms with E-state index in [1.54, 1.807) is 0 Å². The molecule has 0 bridgehead atoms. The van der Waals surface area contributed by atoms with E-state index < -0.39 is 0 Å². The van der Waals surface area contributed by atoms with Crippen molar-refractivity contribution in [2.24, 2.45) is 5.41 Å². The molecular formula is C9H17NOS. The predicted octanol–water partition coefficient (Wildman–Crippen LogP) is 1.03. The minimum absolute atomic E-state index is 0.584. The fourth-order valence-corrected chi connectivity index (χ4v) is 2.19. The van der Waals surface area contributed by atoms with Crippen LogP contribution in [0.25, 0.3) is 0 Å². The molecule has 3 heteroatoms. The molecule has 1 saturated heterocycles. The lowest BCUT2D eigenvalue weighted by molar-refractivity contribution is 0.0302. The molecule has 0 aromatic heterocycles. The van der Waals surface area contributed by atoms with Gasteiger partial charge in [-0.3, -0.25) is 4.90 Å². The van der Waals surface area contributed by atoms with Gasteiger partial charge in [0.15, 0.2) is 0 Å². The van der Waals surface area contributed by atoms with Crippen LogP contribution in [-0.2, 0) is 4.74 Å². The van der Waals surface area contributed by atoms with E-state index in [0.717, 1.165) is 32.1 Å². The lowest BCUT2D eigenvalue weighted by Gasteiger charge is -2.29. The molecule has 2 aliphatic rings. The minimum Gasteiger partial charge on any atom is -0.379 e. The van der Waals surface area contributed by atoms with Gasteiger partial charge >= 0.3 is 0 Å². The Morgan fingerprint density at radius 3 is 2.42 bits per heavy atom. The summed E-state index contributed by atoms with van der Waals surface area (Å²) in [4.78, 5) is 2.52. The molecule has 0 unspecified atom stereocenters. The van der Waals surface area contributed by atoms with Crippen molar-refractivity contribution in [3.05, 3.63) is 0 Å². The van der Waals surface area contributed by atoms with Gasteiger partial charge in [0, 0.05) is 19.6 Å². The molecule has 0 aromatic rings. The quantitative estimate of drug-likeness (QED) is 0.663. The van der Waals surface area contributed by atoms with Crippen molar-refractivity contribution in [2.75, 3.05) is 38.6 Å². The summed E-state index contributed by atoms with van der Waals surface area (Å²) in [5, 5.41) is 0. The molecule has 12 heavy (non-hydrogen) atoms. The van der Waals surface area contributed by atoms with Crippen LogP contribution in [-0.4, -0.2) is 43.5 Å². The number of ether oxygens (including phenoxy) is 1. The monoisotopic (exact) mass is 187 g/mol. The van der Waals surface area contributed by atoms with Gasteiger partial charge in [-0.2, -0.15) is 12.6 Å². The second kappa shape index (κ2) is 3.56. The molecule has 2 nitrogen and oxygen atoms in total. The van der Waals surface area contributed by atoms with E-state index >= 15 is 0 Å². The summed E-state index contributed by atoms with van der Waals surface area (Å²) in [5.74, 6) is 1.06. The summed E-state index contributed by atoms with van der Waals surface area (Å²) in [6.45, 7) is 5.33. The Balaban J connectivity index is 1.77. The van der Waals surface area contributed by atoms with Crippen LogP contribution < -0.4 is 0 Å². The lowest BCUT2D eigenvalue weighted by Crippen LogP contribution is -2.40. The summed E-state index contributed by atoms with van der Waals surface area (Å²) in [7, 11) is 0. The molecule has 0 radical (unpaired) electrons. The van der Waals surface area contributed by atoms with Gasteiger partial charge in [0.1, 0.15) is 0 Å². The molecular weight excluding hydrogens is 170 g/mol. The molecule has 70 valence electrons. The average molecular weight is 187 g/mol. The molecule has 0 amide bonds. The lowest BCUT2D eigenvalue weighted by atomic mass is 10.1. The van der Waals surface area contributed by atoms with Crippen LogP contribution in [0, 0.1) is 5.41 Å². The number of rotatable bonds is 3. The fourth-order valence-electron chi connectivity index (χ4n) is 1.78. The zero-order valence-corrected chi connectivity index (χ0v) is 8.35. The molecule has 0 spiro atoms. The Labute approximate surface area is 79.7 Å². The zero-order chi connectivity index (χ0) is 8.44. The molecule has 2 rings (SSSR count). The normalized spacial score (nSPS) is 28.8. The van der Waals surface area contributed by atoms with Crippen molar-refractivity contribution in [3.8, 4) is 0 Å². The van der Waals surface area contributed by atoms with Gasteiger partial charge in [-0.15, -0.1) is 0 Å². The third-order valence-corrected chi connectivity index (χ3v) is 3.63. The van der Waals surface area contributed by atoms with Crippen LogP contribution in [0.4, 0.5) is 0 Å². The van der Waals surface area contributed by atoms with E-state index in [1.165, 1.54) is 19.4 Å². The Hall–Kier alpha value is 0.270. The number of hydrogen-bond donors (Lipinski definition) is 1. The van der Waals surface area contributed by atoms with Gasteiger partial charge in [-0.25, -0.2) is 0 Å². The summed E-state index contributed by atoms with van der Waals surface area (Å²) in [6.07, 6.45) is 2.77. The predicted molar refractivity (Wildman–Crippen MR) is 52.8 cm³/mol. The highest BCUT2D eigenvalue weighted by atomic mass is 32.1. The average Bonchev–Trinajstić information content (AvgIpc) is 2.88. The summed E-state index contributed by atoms with van der Waals surface area (Å²) in [6, 6.07) is 0. The van der Waals surface area contributed by atoms with Crippen molar-refractivity contribution < 1.29 is 4.74 Å². The summed E-state index contributed by atoms with van der Waals surface area (Å²) >= 11 is 4.41. The molecule has 2 fully saturated rings. The van der Waals surface area contributed by atoms with Crippen LogP contribution in [0.3, 0.4) is 0 Å². The van der Waals surface area contributed by atoms with E-state index in [1.807, 2.05) is 0 Å². The first-order chi connectivity index (χ1) is 5.85. The first-order valence-corrected chi connectivity index (χ1v) is 5.39. The van der Waals surface area contributed by atoms with Crippen LogP contribution in [0.1, 0.15) is 12.8 Å². The zero-order valence-electron chi connectivity index (χ0n) is 7.46. The van der Waals surface area contributed by atoms with Crippen LogP contribution in [0.5, 0.6) is 0 Å². The maximum Gasteiger partial charge on any atom is 0.0594 e. The highest BCUT2D eigenvalue weighted by Gasteiger charge is 2.42. The molecule has 0 N–H and O–H groups in total. The number of hydrogen-bond acceptors (Lipinski definition) is 3. The Kier molecular flexibility index (Phi) is 2.63. The second-order valence-corrected chi connectivity index (χ2v) is 4.36. The van der Waals surface area contributed by atoms with E-state index in [0.29, 0.717) is 5.41 Å². The smallest absolute Gasteiger partial charge is 0.0594 e. The van der Waals surface area contributed by atoms with Crippen LogP contribution in [0.15, 0.2) is 0 Å². The van der Waals surface area contributed by atoms with Gasteiger partial charge in [0.2, 0.25) is 0 Å². The largest absolute Gasteiger partial charge is 0.379 e. The van der Waals surface area contributed by atoms with Gasteiger partial charge < -0.3 is 4.74 Å².